The monoisotopic (exact) mass is 631 g/mol. The Bertz CT molecular complexity index is 1840. The van der Waals surface area contributed by atoms with Crippen LogP contribution < -0.4 is 10.5 Å². The number of carboxylic acid groups (broad SMARTS) is 1. The molecule has 5 heterocycles. The van der Waals surface area contributed by atoms with Gasteiger partial charge in [0, 0.05) is 40.7 Å². The number of ether oxygens (including phenoxy) is 2. The second-order valence-corrected chi connectivity index (χ2v) is 10.7. The lowest BCUT2D eigenvalue weighted by atomic mass is 10.0. The largest absolute Gasteiger partial charge is 0.465 e. The first-order valence-corrected chi connectivity index (χ1v) is 14.8. The molecule has 0 spiro atoms. The van der Waals surface area contributed by atoms with Crippen molar-refractivity contribution in [1.29, 1.82) is 0 Å². The molecule has 0 unspecified atom stereocenters. The van der Waals surface area contributed by atoms with Crippen LogP contribution in [0.5, 0.6) is 0 Å². The SMILES string of the molecule is CCOCCOCCN(C(=O)O)c1ccc(-c2cnc([C@@H]3CCc4cc(-c5cc(Cl)ccc5-n5cnnn5)cc(=O)n43)[nH]2)cn1. The molecule has 4 aromatic heterocycles. The van der Waals surface area contributed by atoms with Crippen molar-refractivity contribution < 1.29 is 19.4 Å². The van der Waals surface area contributed by atoms with Crippen molar-refractivity contribution >= 4 is 23.5 Å². The van der Waals surface area contributed by atoms with Crippen molar-refractivity contribution in [3.63, 3.8) is 0 Å². The molecule has 1 amide bonds. The number of aromatic nitrogens is 8. The molecule has 14 nitrogen and oxygen atoms in total. The lowest BCUT2D eigenvalue weighted by Crippen LogP contribution is -2.33. The number of rotatable bonds is 12. The van der Waals surface area contributed by atoms with E-state index < -0.39 is 6.09 Å². The second kappa shape index (κ2) is 13.4. The van der Waals surface area contributed by atoms with E-state index in [2.05, 4.69) is 30.5 Å². The minimum absolute atomic E-state index is 0.135. The van der Waals surface area contributed by atoms with E-state index in [1.807, 2.05) is 19.1 Å². The smallest absolute Gasteiger partial charge is 0.413 e. The maximum atomic E-state index is 13.5. The third-order valence-corrected chi connectivity index (χ3v) is 7.75. The van der Waals surface area contributed by atoms with Gasteiger partial charge in [-0.3, -0.25) is 9.69 Å². The summed E-state index contributed by atoms with van der Waals surface area (Å²) in [5.74, 6) is 0.936. The van der Waals surface area contributed by atoms with Crippen LogP contribution in [0, 0.1) is 0 Å². The molecule has 0 bridgehead atoms. The Balaban J connectivity index is 1.19. The average Bonchev–Trinajstić information content (AvgIpc) is 3.82. The van der Waals surface area contributed by atoms with Crippen molar-refractivity contribution in [2.24, 2.45) is 0 Å². The fraction of sp³-hybridized carbons (Fsp3) is 0.300. The van der Waals surface area contributed by atoms with Crippen LogP contribution in [0.25, 0.3) is 28.1 Å². The van der Waals surface area contributed by atoms with Crippen molar-refractivity contribution in [1.82, 2.24) is 39.7 Å². The van der Waals surface area contributed by atoms with E-state index in [0.29, 0.717) is 54.9 Å². The van der Waals surface area contributed by atoms with Crippen LogP contribution in [0.4, 0.5) is 10.6 Å². The maximum Gasteiger partial charge on any atom is 0.413 e. The summed E-state index contributed by atoms with van der Waals surface area (Å²) in [5.41, 5.74) is 4.32. The average molecular weight is 632 g/mol. The molecular formula is C30H30ClN9O5. The molecule has 1 aliphatic rings. The highest BCUT2D eigenvalue weighted by Gasteiger charge is 2.28. The summed E-state index contributed by atoms with van der Waals surface area (Å²) in [4.78, 5) is 38.8. The van der Waals surface area contributed by atoms with Gasteiger partial charge in [-0.15, -0.1) is 5.10 Å². The minimum atomic E-state index is -1.12. The topological polar surface area (TPSA) is 166 Å². The van der Waals surface area contributed by atoms with Gasteiger partial charge in [-0.25, -0.2) is 14.8 Å². The number of H-pyrrole nitrogens is 1. The van der Waals surface area contributed by atoms with Crippen LogP contribution in [0.1, 0.15) is 30.9 Å². The number of anilines is 1. The van der Waals surface area contributed by atoms with Gasteiger partial charge < -0.3 is 24.1 Å². The Kier molecular flexibility index (Phi) is 8.96. The number of tetrazole rings is 1. The van der Waals surface area contributed by atoms with Gasteiger partial charge >= 0.3 is 6.09 Å². The first-order valence-electron chi connectivity index (χ1n) is 14.4. The highest BCUT2D eigenvalue weighted by atomic mass is 35.5. The number of pyridine rings is 2. The number of fused-ring (bicyclic) bond motifs is 1. The molecule has 15 heteroatoms. The van der Waals surface area contributed by atoms with Gasteiger partial charge in [-0.2, -0.15) is 4.68 Å². The normalized spacial score (nSPS) is 14.0. The lowest BCUT2D eigenvalue weighted by Gasteiger charge is -2.18. The van der Waals surface area contributed by atoms with Gasteiger partial charge in [0.2, 0.25) is 0 Å². The minimum Gasteiger partial charge on any atom is -0.465 e. The molecule has 5 aromatic rings. The Labute approximate surface area is 262 Å². The number of imidazole rings is 1. The highest BCUT2D eigenvalue weighted by Crippen LogP contribution is 2.34. The van der Waals surface area contributed by atoms with Crippen LogP contribution in [0.15, 0.2) is 66.0 Å². The first kappa shape index (κ1) is 30.1. The number of amides is 1. The number of nitrogens with zero attached hydrogens (tertiary/aromatic N) is 8. The Morgan fingerprint density at radius 3 is 2.71 bits per heavy atom. The Morgan fingerprint density at radius 2 is 1.96 bits per heavy atom. The highest BCUT2D eigenvalue weighted by molar-refractivity contribution is 6.31. The van der Waals surface area contributed by atoms with E-state index in [1.165, 1.54) is 11.0 Å². The quantitative estimate of drug-likeness (QED) is 0.192. The number of halogens is 1. The van der Waals surface area contributed by atoms with Gasteiger partial charge in [0.1, 0.15) is 18.0 Å². The van der Waals surface area contributed by atoms with Crippen LogP contribution >= 0.6 is 11.6 Å². The number of aryl methyl sites for hydroxylation is 1. The lowest BCUT2D eigenvalue weighted by molar-refractivity contribution is 0.0555. The standard InChI is InChI=1S/C30H30ClN9O5/c1-2-44-11-12-45-10-9-38(30(42)43)27-8-3-19(16-32-27)24-17-33-29(35-24)26-7-5-22-13-20(14-28(41)40(22)26)23-15-21(31)4-6-25(23)39-18-34-36-37-39/h3-4,6,8,13-18,26H,2,5,7,9-12H2,1H3,(H,33,35)(H,42,43)/t26-/m0/s1. The zero-order valence-electron chi connectivity index (χ0n) is 24.3. The third-order valence-electron chi connectivity index (χ3n) is 7.51. The van der Waals surface area contributed by atoms with Gasteiger partial charge in [-0.05, 0) is 72.2 Å². The number of nitrogens with one attached hydrogen (secondary N) is 1. The molecule has 1 aliphatic heterocycles. The van der Waals surface area contributed by atoms with Crippen molar-refractivity contribution in [2.45, 2.75) is 25.8 Å². The molecule has 232 valence electrons. The van der Waals surface area contributed by atoms with Gasteiger partial charge in [0.15, 0.2) is 0 Å². The van der Waals surface area contributed by atoms with E-state index in [1.54, 1.807) is 47.3 Å². The zero-order chi connectivity index (χ0) is 31.3. The summed E-state index contributed by atoms with van der Waals surface area (Å²) in [7, 11) is 0. The summed E-state index contributed by atoms with van der Waals surface area (Å²) in [6.07, 6.45) is 5.02. The van der Waals surface area contributed by atoms with Gasteiger partial charge in [-0.1, -0.05) is 11.6 Å². The van der Waals surface area contributed by atoms with Crippen LogP contribution in [-0.4, -0.2) is 83.9 Å². The van der Waals surface area contributed by atoms with E-state index in [0.717, 1.165) is 27.3 Å². The van der Waals surface area contributed by atoms with E-state index in [-0.39, 0.29) is 30.6 Å². The molecule has 2 N–H and O–H groups in total. The fourth-order valence-corrected chi connectivity index (χ4v) is 5.58. The zero-order valence-corrected chi connectivity index (χ0v) is 25.1. The summed E-state index contributed by atoms with van der Waals surface area (Å²) < 4.78 is 14.0. The summed E-state index contributed by atoms with van der Waals surface area (Å²) in [5, 5.41) is 21.7. The van der Waals surface area contributed by atoms with Gasteiger partial charge in [0.25, 0.3) is 5.56 Å². The molecule has 45 heavy (non-hydrogen) atoms. The number of carbonyl (C=O) groups is 1. The number of aromatic amines is 1. The van der Waals surface area contributed by atoms with Crippen LogP contribution in [0.3, 0.4) is 0 Å². The second-order valence-electron chi connectivity index (χ2n) is 10.2. The summed E-state index contributed by atoms with van der Waals surface area (Å²) >= 11 is 6.32. The van der Waals surface area contributed by atoms with E-state index in [9.17, 15) is 14.7 Å². The summed E-state index contributed by atoms with van der Waals surface area (Å²) in [6.45, 7) is 3.69. The Morgan fingerprint density at radius 1 is 1.09 bits per heavy atom. The predicted molar refractivity (Wildman–Crippen MR) is 165 cm³/mol. The molecule has 0 fully saturated rings. The molecule has 1 atom stereocenters. The first-order chi connectivity index (χ1) is 21.9. The maximum absolute atomic E-state index is 13.5. The molecule has 0 aliphatic carbocycles. The van der Waals surface area contributed by atoms with Crippen molar-refractivity contribution in [3.8, 4) is 28.1 Å². The number of benzene rings is 1. The van der Waals surface area contributed by atoms with E-state index in [4.69, 9.17) is 21.1 Å². The van der Waals surface area contributed by atoms with Crippen LogP contribution in [-0.2, 0) is 15.9 Å². The molecule has 0 radical (unpaired) electrons. The van der Waals surface area contributed by atoms with Crippen molar-refractivity contribution in [3.05, 3.63) is 88.1 Å². The molecule has 1 aromatic carbocycles. The van der Waals surface area contributed by atoms with Crippen molar-refractivity contribution in [2.75, 3.05) is 37.9 Å². The molecule has 6 rings (SSSR count). The molecular weight excluding hydrogens is 602 g/mol. The Hall–Kier alpha value is -4.92. The molecule has 0 saturated heterocycles. The van der Waals surface area contributed by atoms with E-state index >= 15 is 0 Å². The number of hydrogen-bond donors (Lipinski definition) is 2. The predicted octanol–water partition coefficient (Wildman–Crippen LogP) is 4.00. The number of hydrogen-bond acceptors (Lipinski definition) is 9. The van der Waals surface area contributed by atoms with Gasteiger partial charge in [0.05, 0.1) is 50.0 Å². The summed E-state index contributed by atoms with van der Waals surface area (Å²) in [6, 6.07) is 12.1. The third kappa shape index (κ3) is 6.48. The fourth-order valence-electron chi connectivity index (χ4n) is 5.41. The molecule has 0 saturated carbocycles. The van der Waals surface area contributed by atoms with Crippen LogP contribution in [0.2, 0.25) is 5.02 Å².